The minimum Gasteiger partial charge on any atom is -0.388 e. The molecule has 1 amide bonds. The van der Waals surface area contributed by atoms with Crippen molar-refractivity contribution in [2.45, 2.75) is 64.8 Å². The highest BCUT2D eigenvalue weighted by Crippen LogP contribution is 2.39. The van der Waals surface area contributed by atoms with Gasteiger partial charge in [0.15, 0.2) is 0 Å². The summed E-state index contributed by atoms with van der Waals surface area (Å²) in [4.78, 5) is 16.3. The number of likely N-dealkylation sites (tertiary alicyclic amines) is 1. The van der Waals surface area contributed by atoms with E-state index in [1.54, 1.807) is 11.3 Å². The van der Waals surface area contributed by atoms with Crippen LogP contribution in [0, 0.1) is 5.41 Å². The van der Waals surface area contributed by atoms with Crippen LogP contribution in [0.3, 0.4) is 0 Å². The van der Waals surface area contributed by atoms with Crippen LogP contribution >= 0.6 is 11.3 Å². The Morgan fingerprint density at radius 3 is 2.57 bits per heavy atom. The quantitative estimate of drug-likeness (QED) is 0.784. The predicted molar refractivity (Wildman–Crippen MR) is 115 cm³/mol. The standard InChI is InChI=1S/C23H32N2O2S/c1-22(2,3)15-19(26)24-21-20(18-11-8-14-28-18)25(13-12-23(21,4)27)16-17-9-6-5-7-10-17/h5-11,14,20-21,27H,12-13,15-16H2,1-4H3,(H,24,26)/t20-,21-,23+/m0/s1. The highest BCUT2D eigenvalue weighted by Gasteiger charge is 2.46. The number of hydrogen-bond donors (Lipinski definition) is 2. The number of carbonyl (C=O) groups is 1. The molecule has 4 nitrogen and oxygen atoms in total. The van der Waals surface area contributed by atoms with Gasteiger partial charge in [0.1, 0.15) is 0 Å². The zero-order valence-corrected chi connectivity index (χ0v) is 18.1. The topological polar surface area (TPSA) is 52.6 Å². The number of thiophene rings is 1. The number of nitrogens with one attached hydrogen (secondary N) is 1. The molecule has 2 aromatic rings. The molecule has 1 aromatic heterocycles. The summed E-state index contributed by atoms with van der Waals surface area (Å²) in [6.45, 7) is 9.62. The number of carbonyl (C=O) groups excluding carboxylic acids is 1. The lowest BCUT2D eigenvalue weighted by molar-refractivity contribution is -0.130. The highest BCUT2D eigenvalue weighted by atomic mass is 32.1. The molecule has 3 rings (SSSR count). The number of amides is 1. The van der Waals surface area contributed by atoms with E-state index in [1.165, 1.54) is 10.4 Å². The van der Waals surface area contributed by atoms with E-state index >= 15 is 0 Å². The van der Waals surface area contributed by atoms with Gasteiger partial charge in [-0.25, -0.2) is 0 Å². The minimum atomic E-state index is -0.949. The minimum absolute atomic E-state index is 0.000826. The van der Waals surface area contributed by atoms with Gasteiger partial charge in [-0.2, -0.15) is 0 Å². The van der Waals surface area contributed by atoms with Crippen LogP contribution in [0.5, 0.6) is 0 Å². The molecule has 0 bridgehead atoms. The van der Waals surface area contributed by atoms with Gasteiger partial charge in [0.05, 0.1) is 17.7 Å². The third kappa shape index (κ3) is 5.22. The first kappa shape index (κ1) is 21.0. The van der Waals surface area contributed by atoms with Gasteiger partial charge >= 0.3 is 0 Å². The fourth-order valence-electron chi connectivity index (χ4n) is 3.96. The largest absolute Gasteiger partial charge is 0.388 e. The summed E-state index contributed by atoms with van der Waals surface area (Å²) in [5.74, 6) is 0.000826. The Morgan fingerprint density at radius 2 is 1.96 bits per heavy atom. The summed E-state index contributed by atoms with van der Waals surface area (Å²) in [7, 11) is 0. The van der Waals surface area contributed by atoms with E-state index in [0.29, 0.717) is 12.8 Å². The lowest BCUT2D eigenvalue weighted by Gasteiger charge is -2.49. The maximum atomic E-state index is 12.8. The number of nitrogens with zero attached hydrogens (tertiary/aromatic N) is 1. The van der Waals surface area contributed by atoms with Crippen LogP contribution in [0.1, 0.15) is 57.0 Å². The molecule has 28 heavy (non-hydrogen) atoms. The number of aliphatic hydroxyl groups is 1. The van der Waals surface area contributed by atoms with Gasteiger partial charge in [0, 0.05) is 24.4 Å². The van der Waals surface area contributed by atoms with Gasteiger partial charge < -0.3 is 10.4 Å². The highest BCUT2D eigenvalue weighted by molar-refractivity contribution is 7.10. The van der Waals surface area contributed by atoms with E-state index in [9.17, 15) is 9.90 Å². The van der Waals surface area contributed by atoms with Crippen molar-refractivity contribution >= 4 is 17.2 Å². The smallest absolute Gasteiger partial charge is 0.220 e. The monoisotopic (exact) mass is 400 g/mol. The Kier molecular flexibility index (Phi) is 6.28. The van der Waals surface area contributed by atoms with Crippen LogP contribution in [0.25, 0.3) is 0 Å². The van der Waals surface area contributed by atoms with Gasteiger partial charge in [-0.15, -0.1) is 11.3 Å². The van der Waals surface area contributed by atoms with Crippen molar-refractivity contribution < 1.29 is 9.90 Å². The second-order valence-corrected chi connectivity index (χ2v) is 10.3. The average Bonchev–Trinajstić information content (AvgIpc) is 3.11. The molecule has 152 valence electrons. The van der Waals surface area contributed by atoms with Gasteiger partial charge in [-0.3, -0.25) is 9.69 Å². The number of hydrogen-bond acceptors (Lipinski definition) is 4. The van der Waals surface area contributed by atoms with Crippen molar-refractivity contribution in [3.05, 3.63) is 58.3 Å². The number of benzene rings is 1. The van der Waals surface area contributed by atoms with Crippen LogP contribution in [0.4, 0.5) is 0 Å². The summed E-state index contributed by atoms with van der Waals surface area (Å²) in [6, 6.07) is 14.1. The van der Waals surface area contributed by atoms with Gasteiger partial charge in [0.2, 0.25) is 5.91 Å². The number of rotatable bonds is 5. The maximum Gasteiger partial charge on any atom is 0.220 e. The SMILES string of the molecule is CC(C)(C)CC(=O)N[C@H]1[C@H](c2cccs2)N(Cc2ccccc2)CC[C@@]1(C)O. The van der Waals surface area contributed by atoms with Crippen molar-refractivity contribution in [3.8, 4) is 0 Å². The molecule has 0 saturated carbocycles. The Balaban J connectivity index is 1.89. The second kappa shape index (κ2) is 8.36. The summed E-state index contributed by atoms with van der Waals surface area (Å²) in [6.07, 6.45) is 1.07. The summed E-state index contributed by atoms with van der Waals surface area (Å²) >= 11 is 1.68. The Hall–Kier alpha value is -1.69. The Labute approximate surface area is 172 Å². The van der Waals surface area contributed by atoms with Crippen molar-refractivity contribution in [3.63, 3.8) is 0 Å². The maximum absolute atomic E-state index is 12.8. The van der Waals surface area contributed by atoms with E-state index in [1.807, 2.05) is 19.1 Å². The zero-order valence-electron chi connectivity index (χ0n) is 17.3. The molecule has 3 atom stereocenters. The molecule has 1 aliphatic rings. The molecule has 0 spiro atoms. The van der Waals surface area contributed by atoms with Crippen LogP contribution < -0.4 is 5.32 Å². The van der Waals surface area contributed by atoms with Crippen LogP contribution in [-0.4, -0.2) is 34.1 Å². The van der Waals surface area contributed by atoms with Crippen molar-refractivity contribution in [1.82, 2.24) is 10.2 Å². The average molecular weight is 401 g/mol. The molecule has 2 heterocycles. The molecule has 1 fully saturated rings. The fraction of sp³-hybridized carbons (Fsp3) is 0.522. The third-order valence-electron chi connectivity index (χ3n) is 5.35. The summed E-state index contributed by atoms with van der Waals surface area (Å²) in [5.41, 5.74) is 0.202. The molecule has 0 aliphatic carbocycles. The summed E-state index contributed by atoms with van der Waals surface area (Å²) < 4.78 is 0. The molecular weight excluding hydrogens is 368 g/mol. The number of piperidine rings is 1. The zero-order chi connectivity index (χ0) is 20.4. The Morgan fingerprint density at radius 1 is 1.25 bits per heavy atom. The molecular formula is C23H32N2O2S. The van der Waals surface area contributed by atoms with E-state index in [-0.39, 0.29) is 23.4 Å². The first-order valence-electron chi connectivity index (χ1n) is 9.99. The second-order valence-electron chi connectivity index (χ2n) is 9.31. The van der Waals surface area contributed by atoms with Crippen LogP contribution in [0.15, 0.2) is 47.8 Å². The molecule has 1 aromatic carbocycles. The van der Waals surface area contributed by atoms with E-state index in [4.69, 9.17) is 0 Å². The first-order chi connectivity index (χ1) is 13.2. The van der Waals surface area contributed by atoms with Crippen molar-refractivity contribution in [2.24, 2.45) is 5.41 Å². The fourth-order valence-corrected chi connectivity index (χ4v) is 4.85. The third-order valence-corrected chi connectivity index (χ3v) is 6.30. The van der Waals surface area contributed by atoms with Gasteiger partial charge in [-0.05, 0) is 35.8 Å². The van der Waals surface area contributed by atoms with E-state index in [0.717, 1.165) is 13.1 Å². The first-order valence-corrected chi connectivity index (χ1v) is 10.9. The molecule has 0 unspecified atom stereocenters. The van der Waals surface area contributed by atoms with Crippen molar-refractivity contribution in [2.75, 3.05) is 6.54 Å². The molecule has 0 radical (unpaired) electrons. The lowest BCUT2D eigenvalue weighted by Crippen LogP contribution is -2.62. The molecule has 5 heteroatoms. The summed E-state index contributed by atoms with van der Waals surface area (Å²) in [5, 5.41) is 16.5. The predicted octanol–water partition coefficient (Wildman–Crippen LogP) is 4.37. The Bertz CT molecular complexity index is 766. The van der Waals surface area contributed by atoms with Crippen molar-refractivity contribution in [1.29, 1.82) is 0 Å². The van der Waals surface area contributed by atoms with Crippen LogP contribution in [-0.2, 0) is 11.3 Å². The van der Waals surface area contributed by atoms with E-state index in [2.05, 4.69) is 66.7 Å². The molecule has 2 N–H and O–H groups in total. The van der Waals surface area contributed by atoms with Gasteiger partial charge in [-0.1, -0.05) is 57.2 Å². The van der Waals surface area contributed by atoms with Crippen LogP contribution in [0.2, 0.25) is 0 Å². The molecule has 1 saturated heterocycles. The van der Waals surface area contributed by atoms with E-state index < -0.39 is 5.60 Å². The molecule has 1 aliphatic heterocycles. The normalized spacial score (nSPS) is 26.2. The van der Waals surface area contributed by atoms with Gasteiger partial charge in [0.25, 0.3) is 0 Å². The lowest BCUT2D eigenvalue weighted by atomic mass is 9.81.